The van der Waals surface area contributed by atoms with Crippen LogP contribution in [0.3, 0.4) is 0 Å². The van der Waals surface area contributed by atoms with Crippen molar-refractivity contribution < 1.29 is 9.26 Å². The summed E-state index contributed by atoms with van der Waals surface area (Å²) in [6, 6.07) is 3.66. The maximum atomic E-state index is 6.15. The van der Waals surface area contributed by atoms with Gasteiger partial charge in [-0.25, -0.2) is 0 Å². The molecule has 1 saturated heterocycles. The normalized spacial score (nSPS) is 18.3. The van der Waals surface area contributed by atoms with Crippen molar-refractivity contribution in [3.05, 3.63) is 21.7 Å². The van der Waals surface area contributed by atoms with Crippen molar-refractivity contribution in [1.29, 1.82) is 0 Å². The van der Waals surface area contributed by atoms with E-state index in [1.54, 1.807) is 11.3 Å². The summed E-state index contributed by atoms with van der Waals surface area (Å²) in [5.74, 6) is 1.07. The van der Waals surface area contributed by atoms with Gasteiger partial charge in [0.1, 0.15) is 0 Å². The van der Waals surface area contributed by atoms with E-state index >= 15 is 0 Å². The second-order valence-electron chi connectivity index (χ2n) is 4.58. The molecular formula is C12H15BrN4O2S. The first kappa shape index (κ1) is 14.2. The van der Waals surface area contributed by atoms with Gasteiger partial charge in [-0.2, -0.15) is 4.98 Å². The fraction of sp³-hybridized carbons (Fsp3) is 0.500. The number of halogens is 1. The zero-order valence-corrected chi connectivity index (χ0v) is 13.2. The van der Waals surface area contributed by atoms with E-state index in [1.165, 1.54) is 0 Å². The van der Waals surface area contributed by atoms with Crippen molar-refractivity contribution in [1.82, 2.24) is 15.0 Å². The number of nitrogens with zero attached hydrogens (tertiary/aromatic N) is 3. The second-order valence-corrected chi connectivity index (χ2v) is 7.04. The molecule has 0 radical (unpaired) electrons. The molecule has 0 spiro atoms. The lowest BCUT2D eigenvalue weighted by atomic mass is 10.2. The van der Waals surface area contributed by atoms with Gasteiger partial charge in [0, 0.05) is 19.6 Å². The molecule has 2 aromatic rings. The first-order valence-corrected chi connectivity index (χ1v) is 7.98. The van der Waals surface area contributed by atoms with Gasteiger partial charge >= 0.3 is 0 Å². The Kier molecular flexibility index (Phi) is 4.47. The van der Waals surface area contributed by atoms with E-state index in [0.29, 0.717) is 11.7 Å². The lowest BCUT2D eigenvalue weighted by Crippen LogP contribution is -2.40. The Labute approximate surface area is 129 Å². The van der Waals surface area contributed by atoms with Crippen LogP contribution in [0.1, 0.15) is 11.9 Å². The number of nitrogens with two attached hydrogens (primary N) is 1. The lowest BCUT2D eigenvalue weighted by Gasteiger charge is -2.27. The maximum absolute atomic E-state index is 6.15. The summed E-state index contributed by atoms with van der Waals surface area (Å²) in [6.45, 7) is 4.03. The molecule has 1 aliphatic heterocycles. The summed E-state index contributed by atoms with van der Waals surface area (Å²) >= 11 is 4.97. The number of thiophene rings is 1. The minimum Gasteiger partial charge on any atom is -0.379 e. The van der Waals surface area contributed by atoms with Crippen LogP contribution in [0.15, 0.2) is 20.4 Å². The summed E-state index contributed by atoms with van der Waals surface area (Å²) in [7, 11) is 0. The summed E-state index contributed by atoms with van der Waals surface area (Å²) in [6.07, 6.45) is 0. The predicted octanol–water partition coefficient (Wildman–Crippen LogP) is 1.89. The van der Waals surface area contributed by atoms with Gasteiger partial charge in [-0.3, -0.25) is 4.90 Å². The van der Waals surface area contributed by atoms with E-state index in [-0.39, 0.29) is 6.04 Å². The van der Waals surface area contributed by atoms with Gasteiger partial charge in [0.05, 0.1) is 27.9 Å². The van der Waals surface area contributed by atoms with Crippen molar-refractivity contribution in [3.8, 4) is 10.8 Å². The van der Waals surface area contributed by atoms with Crippen LogP contribution in [0, 0.1) is 0 Å². The van der Waals surface area contributed by atoms with Crippen LogP contribution < -0.4 is 5.73 Å². The smallest absolute Gasteiger partial charge is 0.268 e. The topological polar surface area (TPSA) is 77.4 Å². The van der Waals surface area contributed by atoms with Gasteiger partial charge in [0.25, 0.3) is 5.89 Å². The van der Waals surface area contributed by atoms with Crippen LogP contribution in [-0.2, 0) is 4.74 Å². The molecule has 3 heterocycles. The molecule has 1 atom stereocenters. The number of hydrogen-bond donors (Lipinski definition) is 1. The molecule has 1 unspecified atom stereocenters. The van der Waals surface area contributed by atoms with Crippen molar-refractivity contribution in [2.75, 3.05) is 32.8 Å². The number of ether oxygens (including phenoxy) is 1. The second kappa shape index (κ2) is 6.31. The SMILES string of the molecule is NC(CN1CCOCC1)c1noc(-c2ccc(Br)s2)n1. The van der Waals surface area contributed by atoms with Crippen LogP contribution in [-0.4, -0.2) is 47.9 Å². The van der Waals surface area contributed by atoms with Crippen molar-refractivity contribution in [2.24, 2.45) is 5.73 Å². The summed E-state index contributed by atoms with van der Waals surface area (Å²) in [5, 5.41) is 3.99. The van der Waals surface area contributed by atoms with Gasteiger partial charge in [-0.15, -0.1) is 11.3 Å². The molecule has 8 heteroatoms. The van der Waals surface area contributed by atoms with Crippen LogP contribution >= 0.6 is 27.3 Å². The third kappa shape index (κ3) is 3.26. The van der Waals surface area contributed by atoms with Gasteiger partial charge < -0.3 is 15.0 Å². The summed E-state index contributed by atoms with van der Waals surface area (Å²) in [5.41, 5.74) is 6.15. The largest absolute Gasteiger partial charge is 0.379 e. The monoisotopic (exact) mass is 358 g/mol. The van der Waals surface area contributed by atoms with Crippen LogP contribution in [0.2, 0.25) is 0 Å². The third-order valence-electron chi connectivity index (χ3n) is 3.12. The molecule has 3 rings (SSSR count). The predicted molar refractivity (Wildman–Crippen MR) is 79.5 cm³/mol. The Hall–Kier alpha value is -0.800. The van der Waals surface area contributed by atoms with Gasteiger partial charge in [0.15, 0.2) is 5.82 Å². The van der Waals surface area contributed by atoms with Crippen LogP contribution in [0.5, 0.6) is 0 Å². The van der Waals surface area contributed by atoms with Crippen molar-refractivity contribution >= 4 is 27.3 Å². The average Bonchev–Trinajstić information content (AvgIpc) is 3.08. The fourth-order valence-corrected chi connectivity index (χ4v) is 3.37. The molecule has 0 aromatic carbocycles. The molecule has 0 bridgehead atoms. The van der Waals surface area contributed by atoms with E-state index < -0.39 is 0 Å². The number of morpholine rings is 1. The highest BCUT2D eigenvalue weighted by atomic mass is 79.9. The third-order valence-corrected chi connectivity index (χ3v) is 4.73. The van der Waals surface area contributed by atoms with Crippen molar-refractivity contribution in [2.45, 2.75) is 6.04 Å². The van der Waals surface area contributed by atoms with Gasteiger partial charge in [-0.1, -0.05) is 5.16 Å². The minimum absolute atomic E-state index is 0.242. The van der Waals surface area contributed by atoms with E-state index in [2.05, 4.69) is 31.0 Å². The van der Waals surface area contributed by atoms with Crippen LogP contribution in [0.4, 0.5) is 0 Å². The molecule has 0 saturated carbocycles. The Morgan fingerprint density at radius 3 is 2.90 bits per heavy atom. The zero-order valence-electron chi connectivity index (χ0n) is 10.8. The zero-order chi connectivity index (χ0) is 13.9. The molecule has 1 fully saturated rings. The van der Waals surface area contributed by atoms with Crippen LogP contribution in [0.25, 0.3) is 10.8 Å². The van der Waals surface area contributed by atoms with Crippen molar-refractivity contribution in [3.63, 3.8) is 0 Å². The van der Waals surface area contributed by atoms with Gasteiger partial charge in [-0.05, 0) is 28.1 Å². The summed E-state index contributed by atoms with van der Waals surface area (Å²) < 4.78 is 11.6. The maximum Gasteiger partial charge on any atom is 0.268 e. The molecule has 2 N–H and O–H groups in total. The minimum atomic E-state index is -0.242. The van der Waals surface area contributed by atoms with E-state index in [4.69, 9.17) is 15.0 Å². The highest BCUT2D eigenvalue weighted by Gasteiger charge is 2.20. The molecule has 6 nitrogen and oxygen atoms in total. The molecule has 20 heavy (non-hydrogen) atoms. The molecule has 1 aliphatic rings. The highest BCUT2D eigenvalue weighted by molar-refractivity contribution is 9.11. The molecule has 108 valence electrons. The van der Waals surface area contributed by atoms with E-state index in [9.17, 15) is 0 Å². The average molecular weight is 359 g/mol. The lowest BCUT2D eigenvalue weighted by molar-refractivity contribution is 0.0348. The Morgan fingerprint density at radius 2 is 2.20 bits per heavy atom. The first-order valence-electron chi connectivity index (χ1n) is 6.37. The molecule has 0 amide bonds. The van der Waals surface area contributed by atoms with Gasteiger partial charge in [0.2, 0.25) is 0 Å². The highest BCUT2D eigenvalue weighted by Crippen LogP contribution is 2.30. The number of hydrogen-bond acceptors (Lipinski definition) is 7. The summed E-state index contributed by atoms with van der Waals surface area (Å²) in [4.78, 5) is 7.58. The molecule has 0 aliphatic carbocycles. The quantitative estimate of drug-likeness (QED) is 0.899. The van der Waals surface area contributed by atoms with E-state index in [0.717, 1.165) is 41.5 Å². The molecular weight excluding hydrogens is 344 g/mol. The molecule has 2 aromatic heterocycles. The fourth-order valence-electron chi connectivity index (χ4n) is 2.06. The Morgan fingerprint density at radius 1 is 1.40 bits per heavy atom. The number of rotatable bonds is 4. The Balaban J connectivity index is 1.66. The standard InChI is InChI=1S/C12H15BrN4O2S/c13-10-2-1-9(20-10)12-15-11(16-19-12)8(14)7-17-3-5-18-6-4-17/h1-2,8H,3-7,14H2. The van der Waals surface area contributed by atoms with E-state index in [1.807, 2.05) is 12.1 Å². The Bertz CT molecular complexity index is 567. The first-order chi connectivity index (χ1) is 9.72. The number of aromatic nitrogens is 2.